The van der Waals surface area contributed by atoms with Gasteiger partial charge in [-0.1, -0.05) is 26.2 Å². The van der Waals surface area contributed by atoms with Gasteiger partial charge in [0.15, 0.2) is 0 Å². The molecule has 1 aliphatic rings. The maximum absolute atomic E-state index is 11.3. The quantitative estimate of drug-likeness (QED) is 0.838. The number of esters is 1. The van der Waals surface area contributed by atoms with Gasteiger partial charge >= 0.3 is 5.97 Å². The van der Waals surface area contributed by atoms with Gasteiger partial charge in [-0.25, -0.2) is 14.8 Å². The van der Waals surface area contributed by atoms with Gasteiger partial charge in [0, 0.05) is 12.7 Å². The fraction of sp³-hybridized carbons (Fsp3) is 0.667. The summed E-state index contributed by atoms with van der Waals surface area (Å²) < 4.78 is 4.61. The Hall–Kier alpha value is -1.65. The molecule has 1 fully saturated rings. The summed E-state index contributed by atoms with van der Waals surface area (Å²) in [5.41, 5.74) is 0. The minimum atomic E-state index is -0.505. The molecule has 1 N–H and O–H groups in total. The minimum absolute atomic E-state index is 0.101. The van der Waals surface area contributed by atoms with Crippen LogP contribution in [0.2, 0.25) is 0 Å². The van der Waals surface area contributed by atoms with Crippen molar-refractivity contribution < 1.29 is 9.53 Å². The molecular formula is C15H23N3O2. The number of rotatable bonds is 5. The van der Waals surface area contributed by atoms with Crippen molar-refractivity contribution in [2.24, 2.45) is 11.8 Å². The van der Waals surface area contributed by atoms with Crippen LogP contribution in [-0.4, -0.2) is 29.6 Å². The summed E-state index contributed by atoms with van der Waals surface area (Å²) in [6, 6.07) is 1.77. The van der Waals surface area contributed by atoms with Gasteiger partial charge in [-0.05, 0) is 30.7 Å². The van der Waals surface area contributed by atoms with E-state index in [1.807, 2.05) is 0 Å². The highest BCUT2D eigenvalue weighted by atomic mass is 16.5. The number of anilines is 1. The summed E-state index contributed by atoms with van der Waals surface area (Å²) in [5.74, 6) is 1.95. The summed E-state index contributed by atoms with van der Waals surface area (Å²) in [7, 11) is 1.33. The number of aromatic nitrogens is 2. The maximum atomic E-state index is 11.3. The summed E-state index contributed by atoms with van der Waals surface area (Å²) in [5, 5.41) is 3.27. The van der Waals surface area contributed by atoms with Gasteiger partial charge < -0.3 is 10.1 Å². The molecule has 5 nitrogen and oxygen atoms in total. The molecular weight excluding hydrogens is 254 g/mol. The number of carbonyl (C=O) groups excluding carboxylic acids is 1. The molecule has 0 radical (unpaired) electrons. The molecule has 0 amide bonds. The highest BCUT2D eigenvalue weighted by molar-refractivity contribution is 5.85. The van der Waals surface area contributed by atoms with E-state index in [0.29, 0.717) is 5.82 Å². The summed E-state index contributed by atoms with van der Waals surface area (Å²) >= 11 is 0. The van der Waals surface area contributed by atoms with Crippen LogP contribution in [0.25, 0.3) is 0 Å². The third-order valence-corrected chi connectivity index (χ3v) is 3.93. The molecule has 1 saturated carbocycles. The molecule has 0 aromatic carbocycles. The van der Waals surface area contributed by atoms with E-state index in [1.54, 1.807) is 12.3 Å². The number of methoxy groups -OCH3 is 1. The van der Waals surface area contributed by atoms with Crippen molar-refractivity contribution in [1.82, 2.24) is 9.97 Å². The first-order valence-electron chi connectivity index (χ1n) is 7.34. The fourth-order valence-electron chi connectivity index (χ4n) is 2.87. The van der Waals surface area contributed by atoms with Crippen LogP contribution in [0.5, 0.6) is 0 Å². The average Bonchev–Trinajstić information content (AvgIpc) is 2.47. The molecule has 5 heteroatoms. The zero-order valence-electron chi connectivity index (χ0n) is 12.3. The summed E-state index contributed by atoms with van der Waals surface area (Å²) in [6.07, 6.45) is 8.12. The Morgan fingerprint density at radius 3 is 3.10 bits per heavy atom. The lowest BCUT2D eigenvalue weighted by molar-refractivity contribution is 0.0587. The van der Waals surface area contributed by atoms with Gasteiger partial charge in [-0.15, -0.1) is 0 Å². The molecule has 0 saturated heterocycles. The van der Waals surface area contributed by atoms with Crippen molar-refractivity contribution >= 4 is 11.8 Å². The van der Waals surface area contributed by atoms with E-state index in [1.165, 1.54) is 32.8 Å². The SMILES string of the molecule is COC(=O)c1nccc(NCCC2CCCC(C)C2)n1. The predicted molar refractivity (Wildman–Crippen MR) is 77.6 cm³/mol. The van der Waals surface area contributed by atoms with Crippen molar-refractivity contribution in [3.8, 4) is 0 Å². The van der Waals surface area contributed by atoms with Crippen molar-refractivity contribution in [2.75, 3.05) is 19.0 Å². The Morgan fingerprint density at radius 1 is 1.50 bits per heavy atom. The Bertz CT molecular complexity index is 450. The molecule has 20 heavy (non-hydrogen) atoms. The zero-order chi connectivity index (χ0) is 14.4. The molecule has 1 aromatic heterocycles. The van der Waals surface area contributed by atoms with Crippen LogP contribution in [-0.2, 0) is 4.74 Å². The van der Waals surface area contributed by atoms with Crippen LogP contribution in [0, 0.1) is 11.8 Å². The van der Waals surface area contributed by atoms with Crippen LogP contribution in [0.4, 0.5) is 5.82 Å². The van der Waals surface area contributed by atoms with Gasteiger partial charge in [-0.3, -0.25) is 0 Å². The molecule has 0 bridgehead atoms. The lowest BCUT2D eigenvalue weighted by Crippen LogP contribution is -2.17. The third kappa shape index (κ3) is 4.18. The molecule has 1 heterocycles. The molecule has 1 aromatic rings. The van der Waals surface area contributed by atoms with E-state index >= 15 is 0 Å². The van der Waals surface area contributed by atoms with Gasteiger partial charge in [0.25, 0.3) is 0 Å². The van der Waals surface area contributed by atoms with Crippen LogP contribution >= 0.6 is 0 Å². The van der Waals surface area contributed by atoms with E-state index in [0.717, 1.165) is 24.8 Å². The monoisotopic (exact) mass is 277 g/mol. The highest BCUT2D eigenvalue weighted by Crippen LogP contribution is 2.30. The number of hydrogen-bond acceptors (Lipinski definition) is 5. The molecule has 1 aliphatic carbocycles. The van der Waals surface area contributed by atoms with Crippen molar-refractivity contribution in [3.05, 3.63) is 18.1 Å². The zero-order valence-corrected chi connectivity index (χ0v) is 12.3. The largest absolute Gasteiger partial charge is 0.463 e. The predicted octanol–water partition coefficient (Wildman–Crippen LogP) is 2.89. The molecule has 0 aliphatic heterocycles. The normalized spacial score (nSPS) is 22.3. The topological polar surface area (TPSA) is 64.1 Å². The molecule has 2 unspecified atom stereocenters. The Morgan fingerprint density at radius 2 is 2.35 bits per heavy atom. The smallest absolute Gasteiger partial charge is 0.376 e. The van der Waals surface area contributed by atoms with E-state index in [4.69, 9.17) is 0 Å². The first-order valence-corrected chi connectivity index (χ1v) is 7.34. The maximum Gasteiger partial charge on any atom is 0.376 e. The number of carbonyl (C=O) groups is 1. The van der Waals surface area contributed by atoms with Gasteiger partial charge in [0.2, 0.25) is 5.82 Å². The molecule has 110 valence electrons. The Labute approximate surface area is 120 Å². The van der Waals surface area contributed by atoms with Crippen molar-refractivity contribution in [3.63, 3.8) is 0 Å². The number of hydrogen-bond donors (Lipinski definition) is 1. The second kappa shape index (κ2) is 7.22. The van der Waals surface area contributed by atoms with E-state index in [2.05, 4.69) is 26.9 Å². The Kier molecular flexibility index (Phi) is 5.32. The number of ether oxygens (including phenoxy) is 1. The average molecular weight is 277 g/mol. The first kappa shape index (κ1) is 14.8. The van der Waals surface area contributed by atoms with E-state index in [-0.39, 0.29) is 5.82 Å². The molecule has 2 atom stereocenters. The van der Waals surface area contributed by atoms with Crippen molar-refractivity contribution in [2.45, 2.75) is 39.0 Å². The summed E-state index contributed by atoms with van der Waals surface area (Å²) in [6.45, 7) is 3.22. The van der Waals surface area contributed by atoms with Gasteiger partial charge in [0.1, 0.15) is 5.82 Å². The molecule has 0 spiro atoms. The van der Waals surface area contributed by atoms with Crippen LogP contribution in [0.1, 0.15) is 49.6 Å². The van der Waals surface area contributed by atoms with Gasteiger partial charge in [0.05, 0.1) is 7.11 Å². The van der Waals surface area contributed by atoms with E-state index < -0.39 is 5.97 Å². The lowest BCUT2D eigenvalue weighted by Gasteiger charge is -2.26. The Balaban J connectivity index is 1.80. The highest BCUT2D eigenvalue weighted by Gasteiger charge is 2.18. The second-order valence-electron chi connectivity index (χ2n) is 5.61. The van der Waals surface area contributed by atoms with E-state index in [9.17, 15) is 4.79 Å². The minimum Gasteiger partial charge on any atom is -0.463 e. The second-order valence-corrected chi connectivity index (χ2v) is 5.61. The molecule has 2 rings (SSSR count). The van der Waals surface area contributed by atoms with Crippen LogP contribution in [0.15, 0.2) is 12.3 Å². The van der Waals surface area contributed by atoms with Crippen LogP contribution < -0.4 is 5.32 Å². The third-order valence-electron chi connectivity index (χ3n) is 3.93. The van der Waals surface area contributed by atoms with Crippen molar-refractivity contribution in [1.29, 1.82) is 0 Å². The standard InChI is InChI=1S/C15H23N3O2/c1-11-4-3-5-12(10-11)6-8-16-13-7-9-17-14(18-13)15(19)20-2/h7,9,11-12H,3-6,8,10H2,1-2H3,(H,16,17,18). The van der Waals surface area contributed by atoms with Gasteiger partial charge in [-0.2, -0.15) is 0 Å². The van der Waals surface area contributed by atoms with Crippen LogP contribution in [0.3, 0.4) is 0 Å². The fourth-order valence-corrected chi connectivity index (χ4v) is 2.87. The lowest BCUT2D eigenvalue weighted by atomic mass is 9.81. The summed E-state index contributed by atoms with van der Waals surface area (Å²) in [4.78, 5) is 19.4. The number of nitrogens with zero attached hydrogens (tertiary/aromatic N) is 2. The number of nitrogens with one attached hydrogen (secondary N) is 1. The first-order chi connectivity index (χ1) is 9.69.